The fraction of sp³-hybridized carbons (Fsp3) is 0.353. The molecular weight excluding hydrogens is 380 g/mol. The van der Waals surface area contributed by atoms with E-state index in [9.17, 15) is 13.2 Å². The number of nitrogens with one attached hydrogen (secondary N) is 1. The summed E-state index contributed by atoms with van der Waals surface area (Å²) in [6.07, 6.45) is 3.22. The number of anilines is 1. The monoisotopic (exact) mass is 398 g/mol. The summed E-state index contributed by atoms with van der Waals surface area (Å²) in [6.45, 7) is 1.12. The van der Waals surface area contributed by atoms with E-state index < -0.39 is 9.84 Å². The summed E-state index contributed by atoms with van der Waals surface area (Å²) in [5, 5.41) is 5.10. The maximum atomic E-state index is 12.4. The van der Waals surface area contributed by atoms with Gasteiger partial charge in [-0.05, 0) is 49.0 Å². The van der Waals surface area contributed by atoms with E-state index in [2.05, 4.69) is 16.3 Å². The van der Waals surface area contributed by atoms with E-state index in [1.165, 1.54) is 23.1 Å². The van der Waals surface area contributed by atoms with Gasteiger partial charge in [-0.1, -0.05) is 17.7 Å². The second-order valence-electron chi connectivity index (χ2n) is 6.11. The molecule has 1 atom stereocenters. The molecule has 0 saturated carbocycles. The first-order chi connectivity index (χ1) is 11.8. The van der Waals surface area contributed by atoms with Crippen LogP contribution in [0.25, 0.3) is 0 Å². The van der Waals surface area contributed by atoms with Crippen LogP contribution < -0.4 is 5.32 Å². The lowest BCUT2D eigenvalue weighted by molar-refractivity contribution is -0.117. The van der Waals surface area contributed by atoms with Crippen molar-refractivity contribution in [2.75, 3.05) is 24.7 Å². The molecule has 5 nitrogen and oxygen atoms in total. The second kappa shape index (κ2) is 7.45. The summed E-state index contributed by atoms with van der Waals surface area (Å²) in [4.78, 5) is 16.0. The van der Waals surface area contributed by atoms with Crippen LogP contribution in [0.15, 0.2) is 40.6 Å². The molecule has 2 aromatic rings. The summed E-state index contributed by atoms with van der Waals surface area (Å²) < 4.78 is 23.3. The van der Waals surface area contributed by atoms with Crippen LogP contribution in [0.2, 0.25) is 5.02 Å². The zero-order chi connectivity index (χ0) is 18.0. The van der Waals surface area contributed by atoms with E-state index in [-0.39, 0.29) is 23.4 Å². The number of thiophene rings is 1. The van der Waals surface area contributed by atoms with Crippen molar-refractivity contribution in [2.45, 2.75) is 23.8 Å². The van der Waals surface area contributed by atoms with Crippen LogP contribution in [-0.2, 0) is 14.6 Å². The van der Waals surface area contributed by atoms with E-state index >= 15 is 0 Å². The highest BCUT2D eigenvalue weighted by molar-refractivity contribution is 7.90. The zero-order valence-corrected chi connectivity index (χ0v) is 16.1. The fourth-order valence-electron chi connectivity index (χ4n) is 3.02. The van der Waals surface area contributed by atoms with Gasteiger partial charge < -0.3 is 5.32 Å². The standard InChI is InChI=1S/C17H19ClN2O3S2/c1-25(22,23)12-6-7-13(18)14(10-12)19-17(21)11-20-8-2-4-15(20)16-5-3-9-24-16/h3,5-7,9-10,15H,2,4,8,11H2,1H3,(H,19,21)/t15-/m1/s1. The van der Waals surface area contributed by atoms with E-state index in [1.54, 1.807) is 11.3 Å². The molecule has 1 saturated heterocycles. The highest BCUT2D eigenvalue weighted by Crippen LogP contribution is 2.34. The lowest BCUT2D eigenvalue weighted by atomic mass is 10.2. The maximum Gasteiger partial charge on any atom is 0.238 e. The van der Waals surface area contributed by atoms with Gasteiger partial charge >= 0.3 is 0 Å². The minimum Gasteiger partial charge on any atom is -0.324 e. The Morgan fingerprint density at radius 1 is 1.40 bits per heavy atom. The lowest BCUT2D eigenvalue weighted by Gasteiger charge is -2.23. The predicted molar refractivity (Wildman–Crippen MR) is 101 cm³/mol. The Kier molecular flexibility index (Phi) is 5.48. The SMILES string of the molecule is CS(=O)(=O)c1ccc(Cl)c(NC(=O)CN2CCC[C@@H]2c2cccs2)c1. The molecule has 1 aromatic carbocycles. The first-order valence-electron chi connectivity index (χ1n) is 7.91. The van der Waals surface area contributed by atoms with Gasteiger partial charge in [-0.2, -0.15) is 0 Å². The molecule has 1 aromatic heterocycles. The molecule has 1 fully saturated rings. The van der Waals surface area contributed by atoms with E-state index in [4.69, 9.17) is 11.6 Å². The van der Waals surface area contributed by atoms with Crippen LogP contribution >= 0.6 is 22.9 Å². The van der Waals surface area contributed by atoms with Crippen molar-refractivity contribution in [3.63, 3.8) is 0 Å². The number of amides is 1. The summed E-state index contributed by atoms with van der Waals surface area (Å²) in [5.41, 5.74) is 0.321. The van der Waals surface area contributed by atoms with Crippen LogP contribution in [0, 0.1) is 0 Å². The molecule has 1 aliphatic heterocycles. The molecule has 0 aliphatic carbocycles. The summed E-state index contributed by atoms with van der Waals surface area (Å²) in [6, 6.07) is 8.70. The minimum absolute atomic E-state index is 0.129. The highest BCUT2D eigenvalue weighted by Gasteiger charge is 2.28. The molecule has 8 heteroatoms. The predicted octanol–water partition coefficient (Wildman–Crippen LogP) is 3.58. The third kappa shape index (κ3) is 4.41. The van der Waals surface area contributed by atoms with Crippen molar-refractivity contribution in [2.24, 2.45) is 0 Å². The van der Waals surface area contributed by atoms with Crippen LogP contribution in [0.1, 0.15) is 23.8 Å². The number of carbonyl (C=O) groups excluding carboxylic acids is 1. The number of sulfone groups is 1. The maximum absolute atomic E-state index is 12.4. The zero-order valence-electron chi connectivity index (χ0n) is 13.7. The van der Waals surface area contributed by atoms with Gasteiger partial charge in [0.15, 0.2) is 9.84 Å². The topological polar surface area (TPSA) is 66.5 Å². The first kappa shape index (κ1) is 18.4. The second-order valence-corrected chi connectivity index (χ2v) is 9.51. The minimum atomic E-state index is -3.36. The van der Waals surface area contributed by atoms with Crippen molar-refractivity contribution in [3.8, 4) is 0 Å². The smallest absolute Gasteiger partial charge is 0.238 e. The summed E-state index contributed by atoms with van der Waals surface area (Å²) in [5.74, 6) is -0.198. The molecule has 0 unspecified atom stereocenters. The van der Waals surface area contributed by atoms with Crippen LogP contribution in [0.4, 0.5) is 5.69 Å². The van der Waals surface area contributed by atoms with Crippen molar-refractivity contribution < 1.29 is 13.2 Å². The van der Waals surface area contributed by atoms with Gasteiger partial charge in [0.2, 0.25) is 5.91 Å². The van der Waals surface area contributed by atoms with Crippen molar-refractivity contribution in [1.82, 2.24) is 4.90 Å². The number of hydrogen-bond acceptors (Lipinski definition) is 5. The van der Waals surface area contributed by atoms with Gasteiger partial charge in [-0.3, -0.25) is 9.69 Å². The molecule has 1 N–H and O–H groups in total. The molecular formula is C17H19ClN2O3S2. The summed E-state index contributed by atoms with van der Waals surface area (Å²) >= 11 is 7.80. The number of nitrogens with zero attached hydrogens (tertiary/aromatic N) is 1. The molecule has 3 rings (SSSR count). The first-order valence-corrected chi connectivity index (χ1v) is 11.1. The number of halogens is 1. The normalized spacial score (nSPS) is 18.4. The number of hydrogen-bond donors (Lipinski definition) is 1. The van der Waals surface area contributed by atoms with Crippen LogP contribution in [-0.4, -0.2) is 38.6 Å². The average Bonchev–Trinajstić information content (AvgIpc) is 3.19. The average molecular weight is 399 g/mol. The highest BCUT2D eigenvalue weighted by atomic mass is 35.5. The number of benzene rings is 1. The molecule has 25 heavy (non-hydrogen) atoms. The van der Waals surface area contributed by atoms with E-state index in [1.807, 2.05) is 11.4 Å². The van der Waals surface area contributed by atoms with Gasteiger partial charge in [0.05, 0.1) is 22.2 Å². The Balaban J connectivity index is 1.70. The molecule has 1 amide bonds. The Morgan fingerprint density at radius 3 is 2.88 bits per heavy atom. The van der Waals surface area contributed by atoms with Crippen LogP contribution in [0.5, 0.6) is 0 Å². The van der Waals surface area contributed by atoms with Gasteiger partial charge in [0.25, 0.3) is 0 Å². The third-order valence-electron chi connectivity index (χ3n) is 4.22. The Morgan fingerprint density at radius 2 is 2.20 bits per heavy atom. The van der Waals surface area contributed by atoms with E-state index in [0.29, 0.717) is 10.7 Å². The third-order valence-corrected chi connectivity index (χ3v) is 6.64. The summed E-state index contributed by atoms with van der Waals surface area (Å²) in [7, 11) is -3.36. The molecule has 1 aliphatic rings. The van der Waals surface area contributed by atoms with Gasteiger partial charge in [-0.15, -0.1) is 11.3 Å². The molecule has 134 valence electrons. The largest absolute Gasteiger partial charge is 0.324 e. The number of carbonyl (C=O) groups is 1. The van der Waals surface area contributed by atoms with Gasteiger partial charge in [-0.25, -0.2) is 8.42 Å². The Labute approximate surface area is 156 Å². The fourth-order valence-corrected chi connectivity index (χ4v) is 4.73. The quantitative estimate of drug-likeness (QED) is 0.835. The van der Waals surface area contributed by atoms with Gasteiger partial charge in [0.1, 0.15) is 0 Å². The molecule has 2 heterocycles. The molecule has 0 spiro atoms. The van der Waals surface area contributed by atoms with E-state index in [0.717, 1.165) is 25.6 Å². The van der Waals surface area contributed by atoms with Crippen molar-refractivity contribution in [3.05, 3.63) is 45.6 Å². The molecule has 0 radical (unpaired) electrons. The Hall–Kier alpha value is -1.41. The lowest BCUT2D eigenvalue weighted by Crippen LogP contribution is -2.32. The van der Waals surface area contributed by atoms with Crippen molar-refractivity contribution in [1.29, 1.82) is 0 Å². The van der Waals surface area contributed by atoms with Gasteiger partial charge in [0, 0.05) is 17.2 Å². The Bertz CT molecular complexity index is 866. The number of rotatable bonds is 5. The number of likely N-dealkylation sites (tertiary alicyclic amines) is 1. The van der Waals surface area contributed by atoms with Crippen LogP contribution in [0.3, 0.4) is 0 Å². The van der Waals surface area contributed by atoms with Crippen molar-refractivity contribution >= 4 is 44.4 Å². The molecule has 0 bridgehead atoms.